The summed E-state index contributed by atoms with van der Waals surface area (Å²) in [7, 11) is 0. The maximum atomic E-state index is 12.8. The van der Waals surface area contributed by atoms with Gasteiger partial charge in [-0.3, -0.25) is 19.2 Å². The van der Waals surface area contributed by atoms with Crippen molar-refractivity contribution in [1.29, 1.82) is 0 Å². The van der Waals surface area contributed by atoms with Crippen LogP contribution in [0.5, 0.6) is 0 Å². The normalized spacial score (nSPS) is 20.5. The van der Waals surface area contributed by atoms with E-state index in [1.54, 1.807) is 0 Å². The smallest absolute Gasteiger partial charge is 0.250 e. The second kappa shape index (κ2) is 15.1. The monoisotopic (exact) mass is 438 g/mol. The van der Waals surface area contributed by atoms with Crippen LogP contribution in [0.15, 0.2) is 0 Å². The van der Waals surface area contributed by atoms with E-state index in [9.17, 15) is 19.2 Å². The standard InChI is InChI=1S/C23H42N4O4/c1-4-5-6-7-8-9-10-18-13-19(15-25-14-18)22(30)27-21(17(3)29)23(31)26-20(11-12-24)16(2)28/h18-21,25H,4-15,24H2,1-3H3,(H,26,31)(H,27,30)/t18?,19?,20-,21-/m0/s1. The minimum atomic E-state index is -1.30. The Balaban J connectivity index is 2.55. The molecular weight excluding hydrogens is 396 g/mol. The molecule has 178 valence electrons. The van der Waals surface area contributed by atoms with E-state index < -0.39 is 23.8 Å². The summed E-state index contributed by atoms with van der Waals surface area (Å²) in [5, 5.41) is 8.46. The number of hydrogen-bond donors (Lipinski definition) is 4. The highest BCUT2D eigenvalue weighted by molar-refractivity contribution is 6.08. The fraction of sp³-hybridized carbons (Fsp3) is 0.826. The number of rotatable bonds is 15. The van der Waals surface area contributed by atoms with Crippen molar-refractivity contribution in [3.63, 3.8) is 0 Å². The number of Topliss-reactive ketones (excluding diaryl/α,β-unsaturated/α-hetero) is 2. The van der Waals surface area contributed by atoms with Crippen molar-refractivity contribution >= 4 is 23.4 Å². The number of ketones is 2. The van der Waals surface area contributed by atoms with Crippen molar-refractivity contribution in [3.05, 3.63) is 0 Å². The SMILES string of the molecule is CCCCCCCCC1CNCC(C(=O)N[C@@H](C(C)=O)C(=O)N[C@@H](CCN)C(C)=O)C1. The lowest BCUT2D eigenvalue weighted by Gasteiger charge is -2.30. The van der Waals surface area contributed by atoms with Crippen molar-refractivity contribution in [1.82, 2.24) is 16.0 Å². The second-order valence-electron chi connectivity index (χ2n) is 8.81. The Labute approximate surface area is 186 Å². The quantitative estimate of drug-likeness (QED) is 0.226. The van der Waals surface area contributed by atoms with Gasteiger partial charge in [0.1, 0.15) is 0 Å². The molecule has 1 heterocycles. The number of unbranched alkanes of at least 4 members (excludes halogenated alkanes) is 5. The van der Waals surface area contributed by atoms with Gasteiger partial charge in [-0.25, -0.2) is 0 Å². The van der Waals surface area contributed by atoms with E-state index in [4.69, 9.17) is 5.73 Å². The number of nitrogens with two attached hydrogens (primary N) is 1. The van der Waals surface area contributed by atoms with Crippen molar-refractivity contribution in [2.24, 2.45) is 17.6 Å². The zero-order valence-corrected chi connectivity index (χ0v) is 19.5. The van der Waals surface area contributed by atoms with E-state index in [-0.39, 0.29) is 30.6 Å². The molecule has 0 saturated carbocycles. The molecule has 2 amide bonds. The van der Waals surface area contributed by atoms with Gasteiger partial charge < -0.3 is 21.7 Å². The van der Waals surface area contributed by atoms with Gasteiger partial charge in [0.15, 0.2) is 17.6 Å². The minimum Gasteiger partial charge on any atom is -0.344 e. The maximum Gasteiger partial charge on any atom is 0.250 e. The molecule has 2 unspecified atom stereocenters. The summed E-state index contributed by atoms with van der Waals surface area (Å²) in [5.41, 5.74) is 5.49. The summed E-state index contributed by atoms with van der Waals surface area (Å²) in [5.74, 6) is -1.52. The third-order valence-corrected chi connectivity index (χ3v) is 6.00. The number of hydrogen-bond acceptors (Lipinski definition) is 6. The molecular formula is C23H42N4O4. The molecule has 0 aromatic heterocycles. The Morgan fingerprint density at radius 3 is 2.26 bits per heavy atom. The summed E-state index contributed by atoms with van der Waals surface area (Å²) in [6, 6.07) is -2.06. The highest BCUT2D eigenvalue weighted by Gasteiger charge is 2.32. The summed E-state index contributed by atoms with van der Waals surface area (Å²) < 4.78 is 0. The number of nitrogens with one attached hydrogen (secondary N) is 3. The van der Waals surface area contributed by atoms with Crippen LogP contribution in [-0.4, -0.2) is 55.1 Å². The van der Waals surface area contributed by atoms with Crippen LogP contribution in [-0.2, 0) is 19.2 Å². The van der Waals surface area contributed by atoms with Gasteiger partial charge in [0.25, 0.3) is 5.91 Å². The van der Waals surface area contributed by atoms with Crippen LogP contribution in [0.1, 0.15) is 78.6 Å². The molecule has 8 heteroatoms. The molecule has 0 radical (unpaired) electrons. The summed E-state index contributed by atoms with van der Waals surface area (Å²) in [6.07, 6.45) is 9.58. The van der Waals surface area contributed by atoms with Gasteiger partial charge in [-0.15, -0.1) is 0 Å². The summed E-state index contributed by atoms with van der Waals surface area (Å²) in [4.78, 5) is 49.0. The fourth-order valence-electron chi connectivity index (χ4n) is 4.07. The van der Waals surface area contributed by atoms with Crippen LogP contribution in [0.2, 0.25) is 0 Å². The topological polar surface area (TPSA) is 130 Å². The highest BCUT2D eigenvalue weighted by Crippen LogP contribution is 2.22. The van der Waals surface area contributed by atoms with Gasteiger partial charge in [0.05, 0.1) is 12.0 Å². The number of amides is 2. The molecule has 31 heavy (non-hydrogen) atoms. The number of piperidine rings is 1. The maximum absolute atomic E-state index is 12.8. The zero-order valence-electron chi connectivity index (χ0n) is 19.5. The summed E-state index contributed by atoms with van der Waals surface area (Å²) >= 11 is 0. The van der Waals surface area contributed by atoms with Gasteiger partial charge >= 0.3 is 0 Å². The predicted molar refractivity (Wildman–Crippen MR) is 121 cm³/mol. The van der Waals surface area contributed by atoms with Crippen molar-refractivity contribution in [3.8, 4) is 0 Å². The first-order chi connectivity index (χ1) is 14.8. The van der Waals surface area contributed by atoms with Crippen LogP contribution in [0.25, 0.3) is 0 Å². The summed E-state index contributed by atoms with van der Waals surface area (Å²) in [6.45, 7) is 6.50. The van der Waals surface area contributed by atoms with Crippen molar-refractivity contribution in [2.75, 3.05) is 19.6 Å². The predicted octanol–water partition coefficient (Wildman–Crippen LogP) is 1.46. The highest BCUT2D eigenvalue weighted by atomic mass is 16.2. The van der Waals surface area contributed by atoms with Gasteiger partial charge in [0, 0.05) is 6.54 Å². The molecule has 1 rings (SSSR count). The molecule has 1 aliphatic heterocycles. The Bertz CT molecular complexity index is 596. The lowest BCUT2D eigenvalue weighted by molar-refractivity contribution is -0.137. The van der Waals surface area contributed by atoms with E-state index in [0.29, 0.717) is 12.5 Å². The largest absolute Gasteiger partial charge is 0.344 e. The average molecular weight is 439 g/mol. The van der Waals surface area contributed by atoms with Gasteiger partial charge in [0.2, 0.25) is 5.91 Å². The first-order valence-corrected chi connectivity index (χ1v) is 11.8. The molecule has 0 bridgehead atoms. The number of carbonyl (C=O) groups is 4. The molecule has 0 aromatic carbocycles. The molecule has 5 N–H and O–H groups in total. The van der Waals surface area contributed by atoms with E-state index in [1.165, 1.54) is 46.0 Å². The Hall–Kier alpha value is -1.80. The molecule has 1 aliphatic rings. The lowest BCUT2D eigenvalue weighted by Crippen LogP contribution is -2.56. The molecule has 4 atom stereocenters. The number of carbonyl (C=O) groups excluding carboxylic acids is 4. The molecule has 0 aromatic rings. The van der Waals surface area contributed by atoms with E-state index in [0.717, 1.165) is 25.8 Å². The third kappa shape index (κ3) is 10.4. The van der Waals surface area contributed by atoms with Gasteiger partial charge in [-0.05, 0) is 52.1 Å². The molecule has 8 nitrogen and oxygen atoms in total. The molecule has 1 fully saturated rings. The van der Waals surface area contributed by atoms with Crippen LogP contribution in [0.3, 0.4) is 0 Å². The first-order valence-electron chi connectivity index (χ1n) is 11.8. The fourth-order valence-corrected chi connectivity index (χ4v) is 4.07. The van der Waals surface area contributed by atoms with Gasteiger partial charge in [-0.1, -0.05) is 45.4 Å². The van der Waals surface area contributed by atoms with E-state index in [2.05, 4.69) is 22.9 Å². The van der Waals surface area contributed by atoms with E-state index >= 15 is 0 Å². The average Bonchev–Trinajstić information content (AvgIpc) is 2.73. The van der Waals surface area contributed by atoms with Gasteiger partial charge in [-0.2, -0.15) is 0 Å². The van der Waals surface area contributed by atoms with Crippen molar-refractivity contribution in [2.45, 2.75) is 90.6 Å². The first kappa shape index (κ1) is 27.2. The Morgan fingerprint density at radius 2 is 1.65 bits per heavy atom. The molecule has 0 spiro atoms. The third-order valence-electron chi connectivity index (χ3n) is 6.00. The lowest BCUT2D eigenvalue weighted by atomic mass is 9.86. The minimum absolute atomic E-state index is 0.232. The Morgan fingerprint density at radius 1 is 0.968 bits per heavy atom. The van der Waals surface area contributed by atoms with E-state index in [1.807, 2.05) is 0 Å². The molecule has 0 aliphatic carbocycles. The van der Waals surface area contributed by atoms with Crippen LogP contribution >= 0.6 is 0 Å². The zero-order chi connectivity index (χ0) is 23.2. The molecule has 1 saturated heterocycles. The van der Waals surface area contributed by atoms with Crippen molar-refractivity contribution < 1.29 is 19.2 Å². The Kier molecular flexibility index (Phi) is 13.2. The van der Waals surface area contributed by atoms with Crippen LogP contribution in [0, 0.1) is 11.8 Å². The van der Waals surface area contributed by atoms with Crippen LogP contribution < -0.4 is 21.7 Å². The van der Waals surface area contributed by atoms with Crippen LogP contribution in [0.4, 0.5) is 0 Å². The second-order valence-corrected chi connectivity index (χ2v) is 8.81.